The maximum atomic E-state index is 13.4. The molecule has 0 spiro atoms. The zero-order valence-electron chi connectivity index (χ0n) is 11.6. The molecule has 114 valence electrons. The summed E-state index contributed by atoms with van der Waals surface area (Å²) in [5.74, 6) is 0.424. The molecule has 0 saturated carbocycles. The average Bonchev–Trinajstić information content (AvgIpc) is 2.40. The maximum Gasteiger partial charge on any atom is 0.191 e. The summed E-state index contributed by atoms with van der Waals surface area (Å²) in [6.07, 6.45) is 0. The monoisotopic (exact) mass is 459 g/mol. The number of hydrogen-bond donors (Lipinski definition) is 2. The number of methoxy groups -OCH3 is 1. The fraction of sp³-hybridized carbons (Fsp3) is 0.462. The van der Waals surface area contributed by atoms with Crippen LogP contribution in [0, 0.1) is 5.82 Å². The van der Waals surface area contributed by atoms with Crippen LogP contribution < -0.4 is 10.6 Å². The molecule has 0 amide bonds. The topological polar surface area (TPSA) is 45.7 Å². The Morgan fingerprint density at radius 2 is 2.15 bits per heavy atom. The van der Waals surface area contributed by atoms with Gasteiger partial charge >= 0.3 is 0 Å². The SMILES string of the molecule is CCNC(=NCc1ccc(Br)c(F)c1)NCCOC.I. The molecule has 0 atom stereocenters. The van der Waals surface area contributed by atoms with Gasteiger partial charge in [-0.15, -0.1) is 24.0 Å². The van der Waals surface area contributed by atoms with Crippen LogP contribution >= 0.6 is 39.9 Å². The van der Waals surface area contributed by atoms with Crippen molar-refractivity contribution in [2.45, 2.75) is 13.5 Å². The van der Waals surface area contributed by atoms with Crippen molar-refractivity contribution in [1.82, 2.24) is 10.6 Å². The number of aliphatic imine (C=N–C) groups is 1. The molecule has 0 saturated heterocycles. The Morgan fingerprint density at radius 1 is 1.40 bits per heavy atom. The Bertz CT molecular complexity index is 432. The highest BCUT2D eigenvalue weighted by molar-refractivity contribution is 14.0. The zero-order valence-corrected chi connectivity index (χ0v) is 15.5. The first-order chi connectivity index (χ1) is 9.17. The molecule has 0 radical (unpaired) electrons. The van der Waals surface area contributed by atoms with E-state index >= 15 is 0 Å². The van der Waals surface area contributed by atoms with Gasteiger partial charge in [0, 0.05) is 20.2 Å². The highest BCUT2D eigenvalue weighted by atomic mass is 127. The summed E-state index contributed by atoms with van der Waals surface area (Å²) in [5.41, 5.74) is 0.824. The van der Waals surface area contributed by atoms with Gasteiger partial charge in [0.05, 0.1) is 17.6 Å². The van der Waals surface area contributed by atoms with Crippen LogP contribution in [0.15, 0.2) is 27.7 Å². The maximum absolute atomic E-state index is 13.4. The smallest absolute Gasteiger partial charge is 0.191 e. The van der Waals surface area contributed by atoms with Crippen molar-refractivity contribution in [1.29, 1.82) is 0 Å². The van der Waals surface area contributed by atoms with Crippen molar-refractivity contribution in [3.8, 4) is 0 Å². The van der Waals surface area contributed by atoms with Gasteiger partial charge in [-0.05, 0) is 40.5 Å². The normalized spacial score (nSPS) is 10.9. The number of rotatable bonds is 6. The van der Waals surface area contributed by atoms with Crippen LogP contribution in [0.1, 0.15) is 12.5 Å². The van der Waals surface area contributed by atoms with E-state index in [0.29, 0.717) is 30.1 Å². The molecular formula is C13H20BrFIN3O. The summed E-state index contributed by atoms with van der Waals surface area (Å²) in [4.78, 5) is 4.38. The van der Waals surface area contributed by atoms with Crippen molar-refractivity contribution < 1.29 is 9.13 Å². The average molecular weight is 460 g/mol. The molecule has 0 heterocycles. The van der Waals surface area contributed by atoms with E-state index in [2.05, 4.69) is 31.6 Å². The molecule has 0 aliphatic heterocycles. The van der Waals surface area contributed by atoms with Crippen molar-refractivity contribution in [2.24, 2.45) is 4.99 Å². The molecule has 0 aliphatic rings. The molecule has 4 nitrogen and oxygen atoms in total. The molecule has 0 bridgehead atoms. The van der Waals surface area contributed by atoms with Crippen molar-refractivity contribution >= 4 is 45.9 Å². The van der Waals surface area contributed by atoms with Gasteiger partial charge in [-0.3, -0.25) is 0 Å². The second-order valence-electron chi connectivity index (χ2n) is 3.86. The lowest BCUT2D eigenvalue weighted by molar-refractivity contribution is 0.203. The minimum absolute atomic E-state index is 0. The molecule has 20 heavy (non-hydrogen) atoms. The molecule has 1 aromatic carbocycles. The van der Waals surface area contributed by atoms with Crippen LogP contribution in [0.5, 0.6) is 0 Å². The number of guanidine groups is 1. The fourth-order valence-corrected chi connectivity index (χ4v) is 1.67. The lowest BCUT2D eigenvalue weighted by Gasteiger charge is -2.10. The van der Waals surface area contributed by atoms with Crippen LogP contribution in [0.2, 0.25) is 0 Å². The van der Waals surface area contributed by atoms with Gasteiger partial charge in [0.25, 0.3) is 0 Å². The van der Waals surface area contributed by atoms with Crippen LogP contribution in [0.3, 0.4) is 0 Å². The second-order valence-corrected chi connectivity index (χ2v) is 4.72. The van der Waals surface area contributed by atoms with Gasteiger partial charge in [-0.2, -0.15) is 0 Å². The van der Waals surface area contributed by atoms with E-state index in [-0.39, 0.29) is 29.8 Å². The third kappa shape index (κ3) is 7.39. The summed E-state index contributed by atoms with van der Waals surface area (Å²) in [7, 11) is 1.65. The minimum Gasteiger partial charge on any atom is -0.383 e. The first-order valence-electron chi connectivity index (χ1n) is 6.12. The Balaban J connectivity index is 0.00000361. The third-order valence-corrected chi connectivity index (χ3v) is 2.99. The quantitative estimate of drug-likeness (QED) is 0.297. The molecule has 0 aliphatic carbocycles. The molecule has 7 heteroatoms. The Morgan fingerprint density at radius 3 is 2.75 bits per heavy atom. The van der Waals surface area contributed by atoms with E-state index in [9.17, 15) is 4.39 Å². The lowest BCUT2D eigenvalue weighted by atomic mass is 10.2. The minimum atomic E-state index is -0.273. The first-order valence-corrected chi connectivity index (χ1v) is 6.91. The molecular weight excluding hydrogens is 440 g/mol. The first kappa shape index (κ1) is 19.6. The number of nitrogens with zero attached hydrogens (tertiary/aromatic N) is 1. The standard InChI is InChI=1S/C13H19BrFN3O.HI/c1-3-16-13(17-6-7-19-2)18-9-10-4-5-11(14)12(15)8-10;/h4-5,8H,3,6-7,9H2,1-2H3,(H2,16,17,18);1H. The molecule has 1 rings (SSSR count). The molecule has 1 aromatic rings. The van der Waals surface area contributed by atoms with E-state index in [1.807, 2.05) is 13.0 Å². The van der Waals surface area contributed by atoms with E-state index in [1.165, 1.54) is 6.07 Å². The van der Waals surface area contributed by atoms with Crippen LogP contribution in [0.25, 0.3) is 0 Å². The van der Waals surface area contributed by atoms with Crippen molar-refractivity contribution in [2.75, 3.05) is 26.8 Å². The summed E-state index contributed by atoms with van der Waals surface area (Å²) < 4.78 is 18.8. The highest BCUT2D eigenvalue weighted by Crippen LogP contribution is 2.16. The van der Waals surface area contributed by atoms with Crippen LogP contribution in [-0.2, 0) is 11.3 Å². The number of benzene rings is 1. The molecule has 0 aromatic heterocycles. The van der Waals surface area contributed by atoms with Gasteiger partial charge in [0.1, 0.15) is 5.82 Å². The second kappa shape index (κ2) is 11.3. The molecule has 0 fully saturated rings. The van der Waals surface area contributed by atoms with Gasteiger partial charge in [-0.25, -0.2) is 9.38 Å². The predicted octanol–water partition coefficient (Wildman–Crippen LogP) is 2.91. The van der Waals surface area contributed by atoms with Crippen molar-refractivity contribution in [3.05, 3.63) is 34.1 Å². The van der Waals surface area contributed by atoms with E-state index in [1.54, 1.807) is 13.2 Å². The van der Waals surface area contributed by atoms with Gasteiger partial charge in [0.15, 0.2) is 5.96 Å². The Kier molecular flexibility index (Phi) is 11.0. The molecule has 0 unspecified atom stereocenters. The zero-order chi connectivity index (χ0) is 14.1. The van der Waals surface area contributed by atoms with E-state index in [0.717, 1.165) is 12.1 Å². The van der Waals surface area contributed by atoms with E-state index < -0.39 is 0 Å². The summed E-state index contributed by atoms with van der Waals surface area (Å²) in [5, 5.41) is 6.25. The Hall–Kier alpha value is -0.410. The number of ether oxygens (including phenoxy) is 1. The van der Waals surface area contributed by atoms with Gasteiger partial charge in [0.2, 0.25) is 0 Å². The largest absolute Gasteiger partial charge is 0.383 e. The summed E-state index contributed by atoms with van der Waals surface area (Å²) >= 11 is 3.13. The van der Waals surface area contributed by atoms with Crippen molar-refractivity contribution in [3.63, 3.8) is 0 Å². The number of halogens is 3. The summed E-state index contributed by atoms with van der Waals surface area (Å²) in [6.45, 7) is 4.47. The summed E-state index contributed by atoms with van der Waals surface area (Å²) in [6, 6.07) is 5.01. The predicted molar refractivity (Wildman–Crippen MR) is 94.2 cm³/mol. The van der Waals surface area contributed by atoms with Crippen LogP contribution in [-0.4, -0.2) is 32.8 Å². The highest BCUT2D eigenvalue weighted by Gasteiger charge is 2.01. The van der Waals surface area contributed by atoms with Gasteiger partial charge in [-0.1, -0.05) is 6.07 Å². The Labute approximate surface area is 144 Å². The van der Waals surface area contributed by atoms with E-state index in [4.69, 9.17) is 4.74 Å². The number of nitrogens with one attached hydrogen (secondary N) is 2. The van der Waals surface area contributed by atoms with Gasteiger partial charge < -0.3 is 15.4 Å². The molecule has 2 N–H and O–H groups in total. The van der Waals surface area contributed by atoms with Crippen LogP contribution in [0.4, 0.5) is 4.39 Å². The third-order valence-electron chi connectivity index (χ3n) is 2.35. The fourth-order valence-electron chi connectivity index (χ4n) is 1.42. The number of hydrogen-bond acceptors (Lipinski definition) is 2. The lowest BCUT2D eigenvalue weighted by Crippen LogP contribution is -2.38.